The highest BCUT2D eigenvalue weighted by molar-refractivity contribution is 6.32. The zero-order valence-electron chi connectivity index (χ0n) is 10.2. The first kappa shape index (κ1) is 13.9. The summed E-state index contributed by atoms with van der Waals surface area (Å²) in [7, 11) is 0. The van der Waals surface area contributed by atoms with Crippen molar-refractivity contribution in [3.8, 4) is 11.5 Å². The number of aryl methyl sites for hydroxylation is 1. The van der Waals surface area contributed by atoms with Crippen LogP contribution in [0.25, 0.3) is 0 Å². The molecular formula is C13H14ClFO4. The lowest BCUT2D eigenvalue weighted by Crippen LogP contribution is -2.01. The van der Waals surface area contributed by atoms with Gasteiger partial charge < -0.3 is 14.6 Å². The fourth-order valence-corrected chi connectivity index (χ4v) is 2.17. The number of fused-ring (bicyclic) bond motifs is 1. The number of rotatable bonds is 4. The summed E-state index contributed by atoms with van der Waals surface area (Å²) < 4.78 is 24.9. The maximum absolute atomic E-state index is 14.0. The van der Waals surface area contributed by atoms with E-state index in [1.165, 1.54) is 0 Å². The van der Waals surface area contributed by atoms with Gasteiger partial charge in [0.05, 0.1) is 13.2 Å². The number of benzene rings is 1. The maximum atomic E-state index is 14.0. The van der Waals surface area contributed by atoms with Crippen molar-refractivity contribution in [1.82, 2.24) is 0 Å². The van der Waals surface area contributed by atoms with E-state index >= 15 is 0 Å². The van der Waals surface area contributed by atoms with Crippen LogP contribution in [0.1, 0.15) is 24.8 Å². The average molecular weight is 289 g/mol. The SMILES string of the molecule is O=C(O)CCCc1cc2c(c(Cl)c1F)OCCCO2. The number of halogens is 2. The molecule has 0 bridgehead atoms. The van der Waals surface area contributed by atoms with Gasteiger partial charge in [-0.1, -0.05) is 11.6 Å². The molecule has 2 rings (SSSR count). The van der Waals surface area contributed by atoms with Gasteiger partial charge in [-0.15, -0.1) is 0 Å². The van der Waals surface area contributed by atoms with E-state index in [2.05, 4.69) is 0 Å². The quantitative estimate of drug-likeness (QED) is 0.925. The Balaban J connectivity index is 2.22. The van der Waals surface area contributed by atoms with Gasteiger partial charge in [0, 0.05) is 12.8 Å². The first-order valence-electron chi connectivity index (χ1n) is 6.08. The number of hydrogen-bond acceptors (Lipinski definition) is 3. The molecule has 1 N–H and O–H groups in total. The van der Waals surface area contributed by atoms with Crippen LogP contribution >= 0.6 is 11.6 Å². The predicted octanol–water partition coefficient (Wildman–Crippen LogP) is 3.05. The molecule has 1 aromatic rings. The molecule has 0 aliphatic carbocycles. The third-order valence-electron chi connectivity index (χ3n) is 2.83. The van der Waals surface area contributed by atoms with Gasteiger partial charge in [0.2, 0.25) is 0 Å². The normalized spacial score (nSPS) is 14.0. The van der Waals surface area contributed by atoms with Crippen LogP contribution in [0, 0.1) is 5.82 Å². The first-order chi connectivity index (χ1) is 9.09. The molecule has 1 aromatic carbocycles. The zero-order valence-corrected chi connectivity index (χ0v) is 11.0. The summed E-state index contributed by atoms with van der Waals surface area (Å²) >= 11 is 5.93. The molecule has 0 spiro atoms. The number of carboxylic acids is 1. The van der Waals surface area contributed by atoms with Crippen molar-refractivity contribution >= 4 is 17.6 Å². The Bertz CT molecular complexity index is 490. The number of ether oxygens (including phenoxy) is 2. The molecule has 0 fully saturated rings. The Morgan fingerprint density at radius 1 is 1.42 bits per heavy atom. The second-order valence-electron chi connectivity index (χ2n) is 4.29. The third-order valence-corrected chi connectivity index (χ3v) is 3.17. The van der Waals surface area contributed by atoms with Gasteiger partial charge in [-0.3, -0.25) is 4.79 Å². The second kappa shape index (κ2) is 6.10. The fourth-order valence-electron chi connectivity index (χ4n) is 1.90. The highest BCUT2D eigenvalue weighted by Gasteiger charge is 2.21. The van der Waals surface area contributed by atoms with Gasteiger partial charge in [0.15, 0.2) is 11.5 Å². The molecular weight excluding hydrogens is 275 g/mol. The van der Waals surface area contributed by atoms with E-state index in [1.54, 1.807) is 6.07 Å². The van der Waals surface area contributed by atoms with Gasteiger partial charge in [-0.25, -0.2) is 4.39 Å². The van der Waals surface area contributed by atoms with E-state index in [0.29, 0.717) is 43.8 Å². The Hall–Kier alpha value is -1.49. The number of carbonyl (C=O) groups is 1. The van der Waals surface area contributed by atoms with Crippen LogP contribution in [0.2, 0.25) is 5.02 Å². The third kappa shape index (κ3) is 3.29. The van der Waals surface area contributed by atoms with E-state index in [9.17, 15) is 9.18 Å². The Kier molecular flexibility index (Phi) is 4.47. The van der Waals surface area contributed by atoms with Crippen LogP contribution in [0.3, 0.4) is 0 Å². The van der Waals surface area contributed by atoms with Crippen molar-refractivity contribution in [2.45, 2.75) is 25.7 Å². The monoisotopic (exact) mass is 288 g/mol. The second-order valence-corrected chi connectivity index (χ2v) is 4.67. The molecule has 0 aromatic heterocycles. The van der Waals surface area contributed by atoms with Gasteiger partial charge in [-0.05, 0) is 24.5 Å². The van der Waals surface area contributed by atoms with E-state index in [-0.39, 0.29) is 17.2 Å². The van der Waals surface area contributed by atoms with Crippen molar-refractivity contribution in [3.63, 3.8) is 0 Å². The number of aliphatic carboxylic acids is 1. The van der Waals surface area contributed by atoms with Gasteiger partial charge >= 0.3 is 5.97 Å². The topological polar surface area (TPSA) is 55.8 Å². The van der Waals surface area contributed by atoms with Gasteiger partial charge in [0.1, 0.15) is 10.8 Å². The first-order valence-corrected chi connectivity index (χ1v) is 6.45. The Morgan fingerprint density at radius 2 is 2.16 bits per heavy atom. The van der Waals surface area contributed by atoms with Crippen LogP contribution < -0.4 is 9.47 Å². The molecule has 19 heavy (non-hydrogen) atoms. The van der Waals surface area contributed by atoms with Crippen molar-refractivity contribution in [2.24, 2.45) is 0 Å². The van der Waals surface area contributed by atoms with Crippen molar-refractivity contribution in [1.29, 1.82) is 0 Å². The zero-order chi connectivity index (χ0) is 13.8. The van der Waals surface area contributed by atoms with Crippen molar-refractivity contribution in [2.75, 3.05) is 13.2 Å². The van der Waals surface area contributed by atoms with Gasteiger partial charge in [0.25, 0.3) is 0 Å². The average Bonchev–Trinajstić information content (AvgIpc) is 2.60. The minimum atomic E-state index is -0.902. The van der Waals surface area contributed by atoms with Crippen LogP contribution in [0.4, 0.5) is 4.39 Å². The summed E-state index contributed by atoms with van der Waals surface area (Å²) in [6, 6.07) is 1.55. The molecule has 0 saturated carbocycles. The molecule has 0 atom stereocenters. The lowest BCUT2D eigenvalue weighted by Gasteiger charge is -2.12. The fraction of sp³-hybridized carbons (Fsp3) is 0.462. The Labute approximate surface area is 115 Å². The standard InChI is InChI=1S/C13H14ClFO4/c14-11-12(15)8(3-1-4-10(16)17)7-9-13(11)19-6-2-5-18-9/h7H,1-6H2,(H,16,17). The lowest BCUT2D eigenvalue weighted by molar-refractivity contribution is -0.137. The molecule has 1 aliphatic rings. The summed E-state index contributed by atoms with van der Waals surface area (Å²) in [5, 5.41) is 8.49. The highest BCUT2D eigenvalue weighted by atomic mass is 35.5. The summed E-state index contributed by atoms with van der Waals surface area (Å²) in [4.78, 5) is 10.5. The van der Waals surface area contributed by atoms with E-state index < -0.39 is 11.8 Å². The minimum absolute atomic E-state index is 0.00843. The van der Waals surface area contributed by atoms with Crippen molar-refractivity contribution < 1.29 is 23.8 Å². The minimum Gasteiger partial charge on any atom is -0.489 e. The molecule has 6 heteroatoms. The van der Waals surface area contributed by atoms with Crippen LogP contribution in [-0.2, 0) is 11.2 Å². The van der Waals surface area contributed by atoms with Gasteiger partial charge in [-0.2, -0.15) is 0 Å². The molecule has 4 nitrogen and oxygen atoms in total. The Morgan fingerprint density at radius 3 is 2.89 bits per heavy atom. The highest BCUT2D eigenvalue weighted by Crippen LogP contribution is 2.40. The van der Waals surface area contributed by atoms with E-state index in [4.69, 9.17) is 26.2 Å². The largest absolute Gasteiger partial charge is 0.489 e. The summed E-state index contributed by atoms with van der Waals surface area (Å²) in [5.74, 6) is -0.801. The molecule has 1 aliphatic heterocycles. The van der Waals surface area contributed by atoms with E-state index in [0.717, 1.165) is 0 Å². The number of hydrogen-bond donors (Lipinski definition) is 1. The van der Waals surface area contributed by atoms with Crippen LogP contribution in [0.15, 0.2) is 6.07 Å². The predicted molar refractivity (Wildman–Crippen MR) is 67.6 cm³/mol. The molecule has 0 saturated heterocycles. The molecule has 0 unspecified atom stereocenters. The maximum Gasteiger partial charge on any atom is 0.303 e. The lowest BCUT2D eigenvalue weighted by atomic mass is 10.1. The molecule has 0 radical (unpaired) electrons. The molecule has 0 amide bonds. The van der Waals surface area contributed by atoms with E-state index in [1.807, 2.05) is 0 Å². The van der Waals surface area contributed by atoms with Crippen LogP contribution in [0.5, 0.6) is 11.5 Å². The molecule has 104 valence electrons. The summed E-state index contributed by atoms with van der Waals surface area (Å²) in [5.41, 5.74) is 0.357. The smallest absolute Gasteiger partial charge is 0.303 e. The molecule has 1 heterocycles. The summed E-state index contributed by atoms with van der Waals surface area (Å²) in [6.45, 7) is 0.925. The van der Waals surface area contributed by atoms with Crippen LogP contribution in [-0.4, -0.2) is 24.3 Å². The van der Waals surface area contributed by atoms with Crippen molar-refractivity contribution in [3.05, 3.63) is 22.5 Å². The summed E-state index contributed by atoms with van der Waals surface area (Å²) in [6.07, 6.45) is 1.35. The number of carboxylic acid groups (broad SMARTS) is 1.